The molecular weight excluding hydrogens is 226 g/mol. The summed E-state index contributed by atoms with van der Waals surface area (Å²) in [7, 11) is 0. The first kappa shape index (κ1) is 11.4. The summed E-state index contributed by atoms with van der Waals surface area (Å²) in [5.74, 6) is 0. The third kappa shape index (κ3) is 1.92. The largest absolute Gasteiger partial charge is 0.387 e. The van der Waals surface area contributed by atoms with E-state index in [1.807, 2.05) is 0 Å². The molecule has 1 aliphatic heterocycles. The molecule has 1 aromatic carbocycles. The van der Waals surface area contributed by atoms with E-state index in [-0.39, 0.29) is 6.61 Å². The number of benzene rings is 1. The fraction of sp³-hybridized carbons (Fsp3) is 0.417. The normalized spacial score (nSPS) is 26.3. The van der Waals surface area contributed by atoms with Gasteiger partial charge in [-0.25, -0.2) is 0 Å². The van der Waals surface area contributed by atoms with Crippen molar-refractivity contribution in [3.63, 3.8) is 0 Å². The van der Waals surface area contributed by atoms with Crippen LogP contribution < -0.4 is 0 Å². The third-order valence-corrected chi connectivity index (χ3v) is 3.24. The first-order valence-corrected chi connectivity index (χ1v) is 5.48. The van der Waals surface area contributed by atoms with Crippen LogP contribution >= 0.6 is 11.6 Å². The SMILES string of the molecule is N#CC1(C(O)c2ccc(Cl)cc2)CCOC1. The Hall–Kier alpha value is -1.08. The molecule has 1 aromatic rings. The quantitative estimate of drug-likeness (QED) is 0.859. The van der Waals surface area contributed by atoms with Crippen LogP contribution in [0.2, 0.25) is 5.02 Å². The van der Waals surface area contributed by atoms with Gasteiger partial charge in [0.05, 0.1) is 18.8 Å². The molecule has 2 unspecified atom stereocenters. The standard InChI is InChI=1S/C12H12ClNO2/c13-10-3-1-9(2-4-10)11(15)12(7-14)5-6-16-8-12/h1-4,11,15H,5-6,8H2. The van der Waals surface area contributed by atoms with Crippen molar-refractivity contribution in [2.45, 2.75) is 12.5 Å². The Kier molecular flexibility index (Phi) is 3.15. The summed E-state index contributed by atoms with van der Waals surface area (Å²) in [6, 6.07) is 9.08. The molecule has 4 heteroatoms. The van der Waals surface area contributed by atoms with Gasteiger partial charge in [-0.1, -0.05) is 23.7 Å². The zero-order valence-electron chi connectivity index (χ0n) is 8.69. The molecule has 2 rings (SSSR count). The van der Waals surface area contributed by atoms with Crippen LogP contribution in [0, 0.1) is 16.7 Å². The van der Waals surface area contributed by atoms with Gasteiger partial charge in [0.2, 0.25) is 0 Å². The van der Waals surface area contributed by atoms with Gasteiger partial charge in [0.25, 0.3) is 0 Å². The van der Waals surface area contributed by atoms with Crippen LogP contribution in [0.25, 0.3) is 0 Å². The lowest BCUT2D eigenvalue weighted by Gasteiger charge is -2.25. The van der Waals surface area contributed by atoms with E-state index in [1.165, 1.54) is 0 Å². The summed E-state index contributed by atoms with van der Waals surface area (Å²) in [6.07, 6.45) is -0.259. The highest BCUT2D eigenvalue weighted by Gasteiger charge is 2.42. The molecule has 0 spiro atoms. The highest BCUT2D eigenvalue weighted by molar-refractivity contribution is 6.30. The van der Waals surface area contributed by atoms with Crippen LogP contribution in [0.5, 0.6) is 0 Å². The van der Waals surface area contributed by atoms with E-state index in [2.05, 4.69) is 6.07 Å². The predicted molar refractivity (Wildman–Crippen MR) is 59.9 cm³/mol. The lowest BCUT2D eigenvalue weighted by atomic mass is 9.80. The maximum atomic E-state index is 10.2. The number of ether oxygens (including phenoxy) is 1. The van der Waals surface area contributed by atoms with Gasteiger partial charge in [-0.05, 0) is 24.1 Å². The summed E-state index contributed by atoms with van der Waals surface area (Å²) >= 11 is 5.77. The van der Waals surface area contributed by atoms with Crippen LogP contribution in [-0.2, 0) is 4.74 Å². The average molecular weight is 238 g/mol. The van der Waals surface area contributed by atoms with Crippen LogP contribution in [0.3, 0.4) is 0 Å². The number of nitrogens with zero attached hydrogens (tertiary/aromatic N) is 1. The minimum absolute atomic E-state index is 0.285. The summed E-state index contributed by atoms with van der Waals surface area (Å²) in [4.78, 5) is 0. The molecule has 0 aliphatic carbocycles. The van der Waals surface area contributed by atoms with E-state index in [0.29, 0.717) is 23.6 Å². The number of hydrogen-bond donors (Lipinski definition) is 1. The van der Waals surface area contributed by atoms with Gasteiger partial charge in [0, 0.05) is 11.6 Å². The van der Waals surface area contributed by atoms with Crippen molar-refractivity contribution in [1.29, 1.82) is 5.26 Å². The zero-order chi connectivity index (χ0) is 11.6. The number of aliphatic hydroxyl groups excluding tert-OH is 1. The van der Waals surface area contributed by atoms with E-state index in [1.54, 1.807) is 24.3 Å². The third-order valence-electron chi connectivity index (χ3n) is 2.98. The second kappa shape index (κ2) is 4.42. The summed E-state index contributed by atoms with van der Waals surface area (Å²) < 4.78 is 5.21. The van der Waals surface area contributed by atoms with Crippen molar-refractivity contribution < 1.29 is 9.84 Å². The second-order valence-electron chi connectivity index (χ2n) is 4.02. The fourth-order valence-corrected chi connectivity index (χ4v) is 2.04. The Morgan fingerprint density at radius 3 is 2.62 bits per heavy atom. The van der Waals surface area contributed by atoms with Gasteiger partial charge in [-0.15, -0.1) is 0 Å². The van der Waals surface area contributed by atoms with Crippen molar-refractivity contribution in [2.24, 2.45) is 5.41 Å². The van der Waals surface area contributed by atoms with Crippen molar-refractivity contribution in [1.82, 2.24) is 0 Å². The monoisotopic (exact) mass is 237 g/mol. The Morgan fingerprint density at radius 2 is 2.12 bits per heavy atom. The number of rotatable bonds is 2. The smallest absolute Gasteiger partial charge is 0.113 e. The predicted octanol–water partition coefficient (Wildman–Crippen LogP) is 2.30. The molecule has 1 heterocycles. The molecule has 1 N–H and O–H groups in total. The molecule has 1 saturated heterocycles. The van der Waals surface area contributed by atoms with Gasteiger partial charge in [-0.2, -0.15) is 5.26 Å². The minimum Gasteiger partial charge on any atom is -0.387 e. The van der Waals surface area contributed by atoms with Gasteiger partial charge in [0.15, 0.2) is 0 Å². The van der Waals surface area contributed by atoms with E-state index in [9.17, 15) is 10.4 Å². The van der Waals surface area contributed by atoms with E-state index in [4.69, 9.17) is 16.3 Å². The average Bonchev–Trinajstić information content (AvgIpc) is 2.79. The first-order valence-electron chi connectivity index (χ1n) is 5.10. The Balaban J connectivity index is 2.27. The van der Waals surface area contributed by atoms with Crippen LogP contribution in [0.1, 0.15) is 18.1 Å². The van der Waals surface area contributed by atoms with Crippen molar-refractivity contribution in [2.75, 3.05) is 13.2 Å². The Morgan fingerprint density at radius 1 is 1.44 bits per heavy atom. The lowest BCUT2D eigenvalue weighted by Crippen LogP contribution is -2.27. The summed E-state index contributed by atoms with van der Waals surface area (Å²) in [5.41, 5.74) is -0.107. The molecular formula is C12H12ClNO2. The van der Waals surface area contributed by atoms with Crippen molar-refractivity contribution in [3.05, 3.63) is 34.9 Å². The van der Waals surface area contributed by atoms with E-state index < -0.39 is 11.5 Å². The maximum Gasteiger partial charge on any atom is 0.113 e. The second-order valence-corrected chi connectivity index (χ2v) is 4.46. The number of aliphatic hydroxyl groups is 1. The van der Waals surface area contributed by atoms with Crippen molar-refractivity contribution >= 4 is 11.6 Å². The molecule has 0 amide bonds. The molecule has 0 aromatic heterocycles. The van der Waals surface area contributed by atoms with Gasteiger partial charge in [0.1, 0.15) is 5.41 Å². The van der Waals surface area contributed by atoms with Crippen molar-refractivity contribution in [3.8, 4) is 6.07 Å². The molecule has 0 bridgehead atoms. The van der Waals surface area contributed by atoms with E-state index in [0.717, 1.165) is 0 Å². The molecule has 84 valence electrons. The molecule has 0 saturated carbocycles. The molecule has 1 aliphatic rings. The summed E-state index contributed by atoms with van der Waals surface area (Å²) in [6.45, 7) is 0.811. The molecule has 3 nitrogen and oxygen atoms in total. The van der Waals surface area contributed by atoms with Gasteiger partial charge in [-0.3, -0.25) is 0 Å². The molecule has 0 radical (unpaired) electrons. The summed E-state index contributed by atoms with van der Waals surface area (Å²) in [5, 5.41) is 20.0. The number of hydrogen-bond acceptors (Lipinski definition) is 3. The van der Waals surface area contributed by atoms with E-state index >= 15 is 0 Å². The lowest BCUT2D eigenvalue weighted by molar-refractivity contribution is 0.0504. The van der Waals surface area contributed by atoms with Gasteiger partial charge < -0.3 is 9.84 Å². The topological polar surface area (TPSA) is 53.2 Å². The fourth-order valence-electron chi connectivity index (χ4n) is 1.91. The first-order chi connectivity index (χ1) is 7.68. The molecule has 1 fully saturated rings. The Labute approximate surface area is 99.2 Å². The highest BCUT2D eigenvalue weighted by Crippen LogP contribution is 2.40. The minimum atomic E-state index is -0.822. The zero-order valence-corrected chi connectivity index (χ0v) is 9.44. The molecule has 2 atom stereocenters. The van der Waals surface area contributed by atoms with Crippen LogP contribution in [-0.4, -0.2) is 18.3 Å². The Bertz CT molecular complexity index is 404. The highest BCUT2D eigenvalue weighted by atomic mass is 35.5. The number of halogens is 1. The van der Waals surface area contributed by atoms with Gasteiger partial charge >= 0.3 is 0 Å². The van der Waals surface area contributed by atoms with Crippen LogP contribution in [0.15, 0.2) is 24.3 Å². The molecule has 16 heavy (non-hydrogen) atoms. The van der Waals surface area contributed by atoms with Crippen LogP contribution in [0.4, 0.5) is 0 Å². The maximum absolute atomic E-state index is 10.2. The number of nitriles is 1.